The van der Waals surface area contributed by atoms with Gasteiger partial charge in [-0.3, -0.25) is 14.9 Å². The highest BCUT2D eigenvalue weighted by Gasteiger charge is 2.33. The van der Waals surface area contributed by atoms with Crippen LogP contribution in [-0.4, -0.2) is 104 Å². The molecule has 6 rings (SSSR count). The van der Waals surface area contributed by atoms with E-state index in [1.807, 2.05) is 9.80 Å². The smallest absolute Gasteiger partial charge is 0.378 e. The number of nitro groups is 1. The van der Waals surface area contributed by atoms with Crippen LogP contribution in [0, 0.1) is 10.1 Å². The summed E-state index contributed by atoms with van der Waals surface area (Å²) >= 11 is 0. The van der Waals surface area contributed by atoms with Gasteiger partial charge in [-0.1, -0.05) is 0 Å². The summed E-state index contributed by atoms with van der Waals surface area (Å²) in [5, 5.41) is 14.5. The van der Waals surface area contributed by atoms with Gasteiger partial charge in [-0.2, -0.15) is 26.3 Å². The summed E-state index contributed by atoms with van der Waals surface area (Å²) in [6, 6.07) is 9.08. The summed E-state index contributed by atoms with van der Waals surface area (Å²) in [4.78, 5) is 39.2. The Hall–Kier alpha value is -4.71. The van der Waals surface area contributed by atoms with Crippen molar-refractivity contribution in [1.82, 2.24) is 20.2 Å². The van der Waals surface area contributed by atoms with E-state index in [4.69, 9.17) is 4.74 Å². The second-order valence-corrected chi connectivity index (χ2v) is 11.4. The third kappa shape index (κ3) is 9.05. The Bertz CT molecular complexity index is 1570. The van der Waals surface area contributed by atoms with E-state index >= 15 is 0 Å². The first kappa shape index (κ1) is 35.6. The molecular weight excluding hydrogens is 662 g/mol. The molecule has 1 amide bonds. The molecule has 0 unspecified atom stereocenters. The molecule has 0 radical (unpaired) electrons. The van der Waals surface area contributed by atoms with Crippen LogP contribution >= 0.6 is 0 Å². The third-order valence-corrected chi connectivity index (χ3v) is 8.26. The number of amides is 1. The zero-order chi connectivity index (χ0) is 35.2. The molecule has 12 nitrogen and oxygen atoms in total. The molecule has 5 heterocycles. The summed E-state index contributed by atoms with van der Waals surface area (Å²) in [5.41, 5.74) is -0.802. The number of alkyl halides is 6. The SMILES string of the molecule is FC(F)(F)c1ccc(N2CCNCC2)nc1.O=C(c1cc([N+](=O)[O-])ccc1N1CCOCC1)N1CCN(c2ccc(C(F)(F)F)cn2)CC1. The third-order valence-electron chi connectivity index (χ3n) is 8.26. The number of pyridine rings is 2. The van der Waals surface area contributed by atoms with Crippen LogP contribution in [0.2, 0.25) is 0 Å². The zero-order valence-electron chi connectivity index (χ0n) is 26.2. The first-order chi connectivity index (χ1) is 23.3. The van der Waals surface area contributed by atoms with Crippen LogP contribution in [0.25, 0.3) is 0 Å². The van der Waals surface area contributed by atoms with E-state index in [0.29, 0.717) is 69.8 Å². The molecule has 0 bridgehead atoms. The van der Waals surface area contributed by atoms with Gasteiger partial charge in [-0.15, -0.1) is 0 Å². The van der Waals surface area contributed by atoms with Crippen LogP contribution in [0.1, 0.15) is 21.5 Å². The van der Waals surface area contributed by atoms with Gasteiger partial charge in [0.1, 0.15) is 11.6 Å². The van der Waals surface area contributed by atoms with Crippen LogP contribution < -0.4 is 20.0 Å². The second-order valence-electron chi connectivity index (χ2n) is 11.4. The first-order valence-corrected chi connectivity index (χ1v) is 15.5. The number of hydrogen-bond acceptors (Lipinski definition) is 10. The van der Waals surface area contributed by atoms with E-state index in [1.165, 1.54) is 24.3 Å². The number of nitrogens with one attached hydrogen (secondary N) is 1. The van der Waals surface area contributed by atoms with E-state index < -0.39 is 28.4 Å². The number of nitrogens with zero attached hydrogens (tertiary/aromatic N) is 7. The van der Waals surface area contributed by atoms with Gasteiger partial charge in [0.2, 0.25) is 0 Å². The average molecular weight is 697 g/mol. The fourth-order valence-electron chi connectivity index (χ4n) is 5.57. The molecule has 49 heavy (non-hydrogen) atoms. The van der Waals surface area contributed by atoms with Gasteiger partial charge in [-0.05, 0) is 30.3 Å². The van der Waals surface area contributed by atoms with Gasteiger partial charge in [0, 0.05) is 90.0 Å². The number of halogens is 6. The lowest BCUT2D eigenvalue weighted by Crippen LogP contribution is -2.49. The monoisotopic (exact) mass is 696 g/mol. The van der Waals surface area contributed by atoms with Gasteiger partial charge in [0.05, 0.1) is 40.5 Å². The molecule has 0 saturated carbocycles. The fraction of sp³-hybridized carbons (Fsp3) is 0.452. The Morgan fingerprint density at radius 3 is 1.73 bits per heavy atom. The quantitative estimate of drug-likeness (QED) is 0.235. The summed E-state index contributed by atoms with van der Waals surface area (Å²) in [7, 11) is 0. The summed E-state index contributed by atoms with van der Waals surface area (Å²) in [6.07, 6.45) is -7.08. The molecule has 0 atom stereocenters. The average Bonchev–Trinajstić information content (AvgIpc) is 3.11. The predicted molar refractivity (Wildman–Crippen MR) is 168 cm³/mol. The van der Waals surface area contributed by atoms with Crippen molar-refractivity contribution in [2.24, 2.45) is 0 Å². The number of piperazine rings is 2. The Balaban J connectivity index is 0.000000244. The maximum absolute atomic E-state index is 13.3. The number of ether oxygens (including phenoxy) is 1. The first-order valence-electron chi connectivity index (χ1n) is 15.5. The van der Waals surface area contributed by atoms with Crippen LogP contribution in [0.3, 0.4) is 0 Å². The van der Waals surface area contributed by atoms with Crippen molar-refractivity contribution in [2.45, 2.75) is 12.4 Å². The Morgan fingerprint density at radius 1 is 0.735 bits per heavy atom. The minimum absolute atomic E-state index is 0.164. The van der Waals surface area contributed by atoms with Crippen LogP contribution in [0.4, 0.5) is 49.4 Å². The molecule has 1 N–H and O–H groups in total. The highest BCUT2D eigenvalue weighted by Crippen LogP contribution is 2.31. The molecule has 3 aliphatic heterocycles. The topological polar surface area (TPSA) is 120 Å². The predicted octanol–water partition coefficient (Wildman–Crippen LogP) is 4.32. The van der Waals surface area contributed by atoms with E-state index in [1.54, 1.807) is 15.9 Å². The minimum Gasteiger partial charge on any atom is -0.378 e. The molecule has 264 valence electrons. The van der Waals surface area contributed by atoms with Crippen molar-refractivity contribution in [3.63, 3.8) is 0 Å². The largest absolute Gasteiger partial charge is 0.417 e. The number of hydrogen-bond donors (Lipinski definition) is 1. The Kier molecular flexibility index (Phi) is 11.1. The van der Waals surface area contributed by atoms with Crippen molar-refractivity contribution in [3.05, 3.63) is 81.7 Å². The fourth-order valence-corrected chi connectivity index (χ4v) is 5.57. The maximum Gasteiger partial charge on any atom is 0.417 e. The van der Waals surface area contributed by atoms with Crippen molar-refractivity contribution in [3.8, 4) is 0 Å². The number of carbonyl (C=O) groups is 1. The summed E-state index contributed by atoms with van der Waals surface area (Å²) in [6.45, 7) is 6.77. The molecule has 2 aromatic heterocycles. The van der Waals surface area contributed by atoms with Gasteiger partial charge < -0.3 is 29.7 Å². The number of nitro benzene ring substituents is 1. The highest BCUT2D eigenvalue weighted by atomic mass is 19.4. The number of aromatic nitrogens is 2. The number of non-ortho nitro benzene ring substituents is 1. The van der Waals surface area contributed by atoms with E-state index in [0.717, 1.165) is 50.7 Å². The Morgan fingerprint density at radius 2 is 1.27 bits per heavy atom. The van der Waals surface area contributed by atoms with E-state index in [2.05, 4.69) is 15.3 Å². The van der Waals surface area contributed by atoms with Crippen molar-refractivity contribution in [2.75, 3.05) is 93.4 Å². The van der Waals surface area contributed by atoms with Crippen LogP contribution in [-0.2, 0) is 17.1 Å². The van der Waals surface area contributed by atoms with Crippen molar-refractivity contribution in [1.29, 1.82) is 0 Å². The van der Waals surface area contributed by atoms with E-state index in [-0.39, 0.29) is 17.2 Å². The molecule has 3 aromatic rings. The van der Waals surface area contributed by atoms with Crippen molar-refractivity contribution < 1.29 is 40.8 Å². The summed E-state index contributed by atoms with van der Waals surface area (Å²) in [5.74, 6) is 0.689. The lowest BCUT2D eigenvalue weighted by molar-refractivity contribution is -0.384. The van der Waals surface area contributed by atoms with Gasteiger partial charge in [-0.25, -0.2) is 9.97 Å². The normalized spacial score (nSPS) is 17.3. The van der Waals surface area contributed by atoms with Crippen LogP contribution in [0.15, 0.2) is 54.9 Å². The number of morpholine rings is 1. The molecular formula is C31H34F6N8O4. The van der Waals surface area contributed by atoms with Gasteiger partial charge in [0.25, 0.3) is 11.6 Å². The van der Waals surface area contributed by atoms with Gasteiger partial charge >= 0.3 is 12.4 Å². The maximum atomic E-state index is 13.3. The molecule has 0 spiro atoms. The van der Waals surface area contributed by atoms with Crippen LogP contribution in [0.5, 0.6) is 0 Å². The zero-order valence-corrected chi connectivity index (χ0v) is 26.2. The lowest BCUT2D eigenvalue weighted by atomic mass is 10.1. The molecule has 3 fully saturated rings. The molecule has 3 aliphatic rings. The number of anilines is 3. The van der Waals surface area contributed by atoms with E-state index in [9.17, 15) is 41.3 Å². The summed E-state index contributed by atoms with van der Waals surface area (Å²) < 4.78 is 80.5. The molecule has 18 heteroatoms. The highest BCUT2D eigenvalue weighted by molar-refractivity contribution is 6.00. The lowest BCUT2D eigenvalue weighted by Gasteiger charge is -2.36. The molecule has 0 aliphatic carbocycles. The standard InChI is InChI=1S/C21H22F3N5O4.C10H12F3N3/c22-21(23,24)15-1-4-19(25-14-15)27-5-7-28(8-6-27)20(30)17-13-16(29(31)32)2-3-18(17)26-9-11-33-12-10-26;11-10(12,13)8-1-2-9(15-7-8)16-5-3-14-4-6-16/h1-4,13-14H,5-12H2;1-2,7,14H,3-6H2. The second kappa shape index (κ2) is 15.2. The minimum atomic E-state index is -4.45. The molecule has 3 saturated heterocycles. The number of rotatable bonds is 5. The molecule has 1 aromatic carbocycles. The Labute approximate surface area is 277 Å². The van der Waals surface area contributed by atoms with Gasteiger partial charge in [0.15, 0.2) is 0 Å². The number of carbonyl (C=O) groups excluding carboxylic acids is 1. The van der Waals surface area contributed by atoms with Crippen molar-refractivity contribution >= 4 is 28.9 Å². The number of benzene rings is 1.